The molecule has 0 atom stereocenters. The highest BCUT2D eigenvalue weighted by Crippen LogP contribution is 2.33. The summed E-state index contributed by atoms with van der Waals surface area (Å²) in [5.41, 5.74) is 0.817. The number of hydrogen-bond acceptors (Lipinski definition) is 3. The number of H-pyrrole nitrogens is 2. The van der Waals surface area contributed by atoms with Crippen molar-refractivity contribution in [2.24, 2.45) is 0 Å². The topological polar surface area (TPSA) is 89.1 Å². The van der Waals surface area contributed by atoms with Crippen molar-refractivity contribution in [3.63, 3.8) is 0 Å². The lowest BCUT2D eigenvalue weighted by Gasteiger charge is -1.96. The van der Waals surface area contributed by atoms with Crippen LogP contribution in [0.25, 0.3) is 21.8 Å². The average molecular weight is 216 g/mol. The number of rotatable bonds is 0. The molecule has 0 aliphatic carbocycles. The fourth-order valence-corrected chi connectivity index (χ4v) is 1.86. The summed E-state index contributed by atoms with van der Waals surface area (Å²) in [5.74, 6) is -0.413. The Balaban J connectivity index is 2.61. The number of aromatic hydroxyl groups is 2. The van der Waals surface area contributed by atoms with E-state index in [-0.39, 0.29) is 17.1 Å². The Morgan fingerprint density at radius 2 is 1.81 bits per heavy atom. The molecule has 5 heteroatoms. The van der Waals surface area contributed by atoms with Crippen molar-refractivity contribution in [2.75, 3.05) is 0 Å². The highest BCUT2D eigenvalue weighted by atomic mass is 16.3. The molecule has 2 aromatic heterocycles. The summed E-state index contributed by atoms with van der Waals surface area (Å²) in [4.78, 5) is 17.0. The smallest absolute Gasteiger partial charge is 0.272 e. The van der Waals surface area contributed by atoms with E-state index in [1.807, 2.05) is 0 Å². The van der Waals surface area contributed by atoms with Gasteiger partial charge in [0.25, 0.3) is 5.56 Å². The van der Waals surface area contributed by atoms with Crippen LogP contribution in [0.3, 0.4) is 0 Å². The molecule has 0 spiro atoms. The molecule has 4 N–H and O–H groups in total. The van der Waals surface area contributed by atoms with Crippen molar-refractivity contribution in [2.45, 2.75) is 0 Å². The zero-order valence-corrected chi connectivity index (χ0v) is 8.11. The van der Waals surface area contributed by atoms with Gasteiger partial charge in [-0.3, -0.25) is 4.79 Å². The molecule has 0 amide bonds. The Kier molecular flexibility index (Phi) is 1.54. The third-order valence-corrected chi connectivity index (χ3v) is 2.63. The van der Waals surface area contributed by atoms with Gasteiger partial charge < -0.3 is 20.2 Å². The fourth-order valence-electron chi connectivity index (χ4n) is 1.86. The molecule has 0 saturated carbocycles. The standard InChI is InChI=1S/C11H8N2O3/c14-8-3-6-5-1-2-12-11(16)10(5)13-7(6)4-9(8)15/h1-4,13-15H,(H,12,16). The number of fused-ring (bicyclic) bond motifs is 3. The van der Waals surface area contributed by atoms with E-state index in [1.54, 1.807) is 12.3 Å². The predicted molar refractivity (Wildman–Crippen MR) is 59.8 cm³/mol. The molecule has 80 valence electrons. The quantitative estimate of drug-likeness (QED) is 0.428. The van der Waals surface area contributed by atoms with Gasteiger partial charge in [0.2, 0.25) is 0 Å². The number of phenolic OH excluding ortho intramolecular Hbond substituents is 2. The zero-order chi connectivity index (χ0) is 11.3. The molecule has 0 aliphatic heterocycles. The van der Waals surface area contributed by atoms with Crippen LogP contribution in [0.5, 0.6) is 11.5 Å². The summed E-state index contributed by atoms with van der Waals surface area (Å²) in [6, 6.07) is 4.57. The minimum atomic E-state index is -0.229. The molecule has 3 aromatic rings. The molecule has 0 radical (unpaired) electrons. The summed E-state index contributed by atoms with van der Waals surface area (Å²) < 4.78 is 0. The number of hydrogen-bond donors (Lipinski definition) is 4. The largest absolute Gasteiger partial charge is 0.504 e. The summed E-state index contributed by atoms with van der Waals surface area (Å²) in [6.07, 6.45) is 1.54. The molecule has 2 heterocycles. The Bertz CT molecular complexity index is 755. The van der Waals surface area contributed by atoms with E-state index in [0.29, 0.717) is 21.8 Å². The van der Waals surface area contributed by atoms with Crippen LogP contribution < -0.4 is 5.56 Å². The minimum Gasteiger partial charge on any atom is -0.504 e. The molecular formula is C11H8N2O3. The molecular weight excluding hydrogens is 208 g/mol. The lowest BCUT2D eigenvalue weighted by molar-refractivity contribution is 0.405. The Labute approximate surface area is 89.0 Å². The maximum absolute atomic E-state index is 11.5. The van der Waals surface area contributed by atoms with Crippen LogP contribution in [-0.2, 0) is 0 Å². The van der Waals surface area contributed by atoms with Gasteiger partial charge in [0.1, 0.15) is 5.52 Å². The number of benzene rings is 1. The van der Waals surface area contributed by atoms with Crippen LogP contribution in [0, 0.1) is 0 Å². The van der Waals surface area contributed by atoms with Crippen molar-refractivity contribution < 1.29 is 10.2 Å². The number of phenols is 2. The van der Waals surface area contributed by atoms with E-state index in [9.17, 15) is 15.0 Å². The summed E-state index contributed by atoms with van der Waals surface area (Å²) in [7, 11) is 0. The lowest BCUT2D eigenvalue weighted by Crippen LogP contribution is -2.03. The molecule has 16 heavy (non-hydrogen) atoms. The van der Waals surface area contributed by atoms with Gasteiger partial charge in [0.15, 0.2) is 11.5 Å². The van der Waals surface area contributed by atoms with Gasteiger partial charge in [0.05, 0.1) is 5.52 Å². The monoisotopic (exact) mass is 216 g/mol. The molecule has 0 aliphatic rings. The molecule has 3 rings (SSSR count). The van der Waals surface area contributed by atoms with Crippen LogP contribution in [0.4, 0.5) is 0 Å². The van der Waals surface area contributed by atoms with E-state index in [0.717, 1.165) is 0 Å². The Morgan fingerprint density at radius 1 is 1.06 bits per heavy atom. The Morgan fingerprint density at radius 3 is 2.62 bits per heavy atom. The third kappa shape index (κ3) is 1.02. The van der Waals surface area contributed by atoms with E-state index in [1.165, 1.54) is 12.1 Å². The Hall–Kier alpha value is -2.43. The maximum atomic E-state index is 11.5. The summed E-state index contributed by atoms with van der Waals surface area (Å²) >= 11 is 0. The van der Waals surface area contributed by atoms with Crippen LogP contribution in [0.1, 0.15) is 0 Å². The number of nitrogens with one attached hydrogen (secondary N) is 2. The fraction of sp³-hybridized carbons (Fsp3) is 0. The van der Waals surface area contributed by atoms with Gasteiger partial charge in [0, 0.05) is 23.0 Å². The van der Waals surface area contributed by atoms with Crippen molar-refractivity contribution in [1.29, 1.82) is 0 Å². The van der Waals surface area contributed by atoms with Crippen LogP contribution in [0.15, 0.2) is 29.2 Å². The van der Waals surface area contributed by atoms with Gasteiger partial charge in [-0.15, -0.1) is 0 Å². The van der Waals surface area contributed by atoms with Crippen molar-refractivity contribution in [3.05, 3.63) is 34.7 Å². The van der Waals surface area contributed by atoms with Gasteiger partial charge in [-0.25, -0.2) is 0 Å². The first kappa shape index (κ1) is 8.84. The SMILES string of the molecule is O=c1[nH]ccc2c1[nH]c1cc(O)c(O)cc12. The van der Waals surface area contributed by atoms with Gasteiger partial charge in [-0.05, 0) is 12.1 Å². The summed E-state index contributed by atoms with van der Waals surface area (Å²) in [5, 5.41) is 20.2. The number of aromatic nitrogens is 2. The second-order valence-corrected chi connectivity index (χ2v) is 3.61. The minimum absolute atomic E-state index is 0.200. The third-order valence-electron chi connectivity index (χ3n) is 2.63. The molecule has 0 unspecified atom stereocenters. The highest BCUT2D eigenvalue weighted by Gasteiger charge is 2.09. The second-order valence-electron chi connectivity index (χ2n) is 3.61. The highest BCUT2D eigenvalue weighted by molar-refractivity contribution is 6.07. The first-order chi connectivity index (χ1) is 7.66. The maximum Gasteiger partial charge on any atom is 0.272 e. The van der Waals surface area contributed by atoms with Crippen LogP contribution in [-0.4, -0.2) is 20.2 Å². The molecule has 0 saturated heterocycles. The van der Waals surface area contributed by atoms with Gasteiger partial charge >= 0.3 is 0 Å². The van der Waals surface area contributed by atoms with Crippen molar-refractivity contribution in [3.8, 4) is 11.5 Å². The van der Waals surface area contributed by atoms with E-state index >= 15 is 0 Å². The molecule has 1 aromatic carbocycles. The number of aromatic amines is 2. The zero-order valence-electron chi connectivity index (χ0n) is 8.11. The number of pyridine rings is 1. The normalized spacial score (nSPS) is 11.2. The molecule has 0 bridgehead atoms. The van der Waals surface area contributed by atoms with E-state index in [2.05, 4.69) is 9.97 Å². The first-order valence-electron chi connectivity index (χ1n) is 4.72. The van der Waals surface area contributed by atoms with E-state index < -0.39 is 0 Å². The first-order valence-corrected chi connectivity index (χ1v) is 4.72. The predicted octanol–water partition coefficient (Wildman–Crippen LogP) is 1.42. The average Bonchev–Trinajstić information content (AvgIpc) is 2.59. The van der Waals surface area contributed by atoms with E-state index in [4.69, 9.17) is 0 Å². The van der Waals surface area contributed by atoms with Gasteiger partial charge in [-0.2, -0.15) is 0 Å². The van der Waals surface area contributed by atoms with Gasteiger partial charge in [-0.1, -0.05) is 0 Å². The second kappa shape index (κ2) is 2.79. The molecule has 0 fully saturated rings. The summed E-state index contributed by atoms with van der Waals surface area (Å²) in [6.45, 7) is 0. The van der Waals surface area contributed by atoms with Crippen molar-refractivity contribution in [1.82, 2.24) is 9.97 Å². The van der Waals surface area contributed by atoms with Crippen molar-refractivity contribution >= 4 is 21.8 Å². The lowest BCUT2D eigenvalue weighted by atomic mass is 10.2. The van der Waals surface area contributed by atoms with Crippen LogP contribution >= 0.6 is 0 Å². The van der Waals surface area contributed by atoms with Crippen LogP contribution in [0.2, 0.25) is 0 Å². The molecule has 5 nitrogen and oxygen atoms in total.